The largest absolute Gasteiger partial charge is 0.378 e. The lowest BCUT2D eigenvalue weighted by Gasteiger charge is -2.16. The molecule has 3 rings (SSSR count). The fourth-order valence-corrected chi connectivity index (χ4v) is 2.69. The molecule has 0 aliphatic rings. The number of nitrogens with one attached hydrogen (secondary N) is 2. The molecule has 0 unspecified atom stereocenters. The van der Waals surface area contributed by atoms with E-state index in [0.717, 1.165) is 22.3 Å². The highest BCUT2D eigenvalue weighted by Gasteiger charge is 2.11. The second-order valence-corrected chi connectivity index (χ2v) is 6.15. The van der Waals surface area contributed by atoms with E-state index in [4.69, 9.17) is 0 Å². The molecule has 6 heteroatoms. The van der Waals surface area contributed by atoms with Crippen molar-refractivity contribution in [1.29, 1.82) is 5.26 Å². The minimum absolute atomic E-state index is 0.299. The van der Waals surface area contributed by atoms with E-state index in [2.05, 4.69) is 28.3 Å². The minimum Gasteiger partial charge on any atom is -0.378 e. The number of nitriles is 1. The van der Waals surface area contributed by atoms with Gasteiger partial charge in [0, 0.05) is 42.7 Å². The van der Waals surface area contributed by atoms with Crippen LogP contribution in [-0.4, -0.2) is 25.0 Å². The summed E-state index contributed by atoms with van der Waals surface area (Å²) in [6.07, 6.45) is 2.75. The Morgan fingerprint density at radius 3 is 2.74 bits per heavy atom. The average molecular weight is 357 g/mol. The predicted octanol–water partition coefficient (Wildman–Crippen LogP) is 4.04. The lowest BCUT2D eigenvalue weighted by atomic mass is 10.1. The summed E-state index contributed by atoms with van der Waals surface area (Å²) in [6.45, 7) is 3.46. The number of aromatic nitrogens is 1. The molecule has 6 nitrogen and oxygen atoms in total. The number of carbonyl (C=O) groups excluding carboxylic acids is 1. The number of anilines is 4. The van der Waals surface area contributed by atoms with E-state index in [1.807, 2.05) is 43.3 Å². The van der Waals surface area contributed by atoms with E-state index in [0.29, 0.717) is 16.9 Å². The number of nitrogens with zero attached hydrogens (tertiary/aromatic N) is 3. The van der Waals surface area contributed by atoms with Crippen molar-refractivity contribution in [2.45, 2.75) is 0 Å². The maximum Gasteiger partial charge on any atom is 0.247 e. The first kappa shape index (κ1) is 18.0. The molecule has 0 radical (unpaired) electrons. The number of pyridine rings is 1. The third kappa shape index (κ3) is 3.88. The van der Waals surface area contributed by atoms with Gasteiger partial charge in [0.2, 0.25) is 5.91 Å². The van der Waals surface area contributed by atoms with Crippen LogP contribution in [0.3, 0.4) is 0 Å². The highest BCUT2D eigenvalue weighted by Crippen LogP contribution is 2.31. The van der Waals surface area contributed by atoms with Gasteiger partial charge in [-0.2, -0.15) is 5.26 Å². The van der Waals surface area contributed by atoms with Gasteiger partial charge in [-0.1, -0.05) is 12.6 Å². The highest BCUT2D eigenvalue weighted by molar-refractivity contribution is 6.02. The van der Waals surface area contributed by atoms with Crippen LogP contribution in [0.4, 0.5) is 22.7 Å². The number of hydrogen-bond donors (Lipinski definition) is 2. The Labute approximate surface area is 157 Å². The van der Waals surface area contributed by atoms with Gasteiger partial charge < -0.3 is 15.5 Å². The minimum atomic E-state index is -0.299. The first-order valence-electron chi connectivity index (χ1n) is 8.32. The molecule has 0 aliphatic carbocycles. The molecular weight excluding hydrogens is 338 g/mol. The monoisotopic (exact) mass is 357 g/mol. The van der Waals surface area contributed by atoms with E-state index in [9.17, 15) is 10.1 Å². The van der Waals surface area contributed by atoms with E-state index >= 15 is 0 Å². The molecule has 0 spiro atoms. The molecule has 1 amide bonds. The Bertz CT molecular complexity index is 1070. The molecule has 0 saturated carbocycles. The summed E-state index contributed by atoms with van der Waals surface area (Å²) in [6, 6.07) is 15.4. The van der Waals surface area contributed by atoms with Crippen LogP contribution in [0, 0.1) is 11.3 Å². The van der Waals surface area contributed by atoms with Gasteiger partial charge in [0.05, 0.1) is 16.8 Å². The maximum absolute atomic E-state index is 11.6. The SMILES string of the molecule is C=CC(=O)Nc1ccc2ncc(C#N)c(Nc3cccc(N(C)C)c3)c2c1. The van der Waals surface area contributed by atoms with Gasteiger partial charge >= 0.3 is 0 Å². The van der Waals surface area contributed by atoms with Crippen LogP contribution >= 0.6 is 0 Å². The fourth-order valence-electron chi connectivity index (χ4n) is 2.69. The van der Waals surface area contributed by atoms with Crippen molar-refractivity contribution < 1.29 is 4.79 Å². The molecule has 2 N–H and O–H groups in total. The maximum atomic E-state index is 11.6. The number of hydrogen-bond acceptors (Lipinski definition) is 5. The molecule has 27 heavy (non-hydrogen) atoms. The number of rotatable bonds is 5. The Hall–Kier alpha value is -3.85. The third-order valence-corrected chi connectivity index (χ3v) is 4.07. The van der Waals surface area contributed by atoms with Crippen molar-refractivity contribution >= 4 is 39.6 Å². The van der Waals surface area contributed by atoms with Crippen LogP contribution in [-0.2, 0) is 4.79 Å². The molecule has 1 aromatic heterocycles. The molecule has 0 aliphatic heterocycles. The first-order valence-corrected chi connectivity index (χ1v) is 8.32. The van der Waals surface area contributed by atoms with Crippen molar-refractivity contribution in [2.24, 2.45) is 0 Å². The zero-order valence-electron chi connectivity index (χ0n) is 15.2. The molecule has 0 fully saturated rings. The predicted molar refractivity (Wildman–Crippen MR) is 109 cm³/mol. The number of benzene rings is 2. The van der Waals surface area contributed by atoms with E-state index in [1.54, 1.807) is 24.4 Å². The van der Waals surface area contributed by atoms with E-state index in [1.165, 1.54) is 6.08 Å². The Kier molecular flexibility index (Phi) is 5.04. The number of fused-ring (bicyclic) bond motifs is 1. The lowest BCUT2D eigenvalue weighted by molar-refractivity contribution is -0.111. The molecule has 1 heterocycles. The van der Waals surface area contributed by atoms with Crippen molar-refractivity contribution in [3.8, 4) is 6.07 Å². The first-order chi connectivity index (χ1) is 13.0. The second-order valence-electron chi connectivity index (χ2n) is 6.15. The standard InChI is InChI=1S/C21H19N5O/c1-4-20(27)24-16-8-9-19-18(11-16)21(14(12-22)13-23-19)25-15-6-5-7-17(10-15)26(2)3/h4-11,13H,1H2,2-3H3,(H,23,25)(H,24,27). The van der Waals surface area contributed by atoms with Crippen LogP contribution in [0.25, 0.3) is 10.9 Å². The zero-order valence-corrected chi connectivity index (χ0v) is 15.2. The molecule has 134 valence electrons. The summed E-state index contributed by atoms with van der Waals surface area (Å²) in [5.41, 5.74) is 4.28. The molecular formula is C21H19N5O. The fraction of sp³-hybridized carbons (Fsp3) is 0.0952. The third-order valence-electron chi connectivity index (χ3n) is 4.07. The second kappa shape index (κ2) is 7.58. The van der Waals surface area contributed by atoms with Crippen molar-refractivity contribution in [3.63, 3.8) is 0 Å². The quantitative estimate of drug-likeness (QED) is 0.674. The lowest BCUT2D eigenvalue weighted by Crippen LogP contribution is -2.08. The van der Waals surface area contributed by atoms with Gasteiger partial charge in [-0.3, -0.25) is 9.78 Å². The van der Waals surface area contributed by atoms with E-state index in [-0.39, 0.29) is 5.91 Å². The van der Waals surface area contributed by atoms with Crippen LogP contribution in [0.2, 0.25) is 0 Å². The summed E-state index contributed by atoms with van der Waals surface area (Å²) < 4.78 is 0. The number of amides is 1. The number of carbonyl (C=O) groups is 1. The Morgan fingerprint density at radius 2 is 2.04 bits per heavy atom. The van der Waals surface area contributed by atoms with Crippen LogP contribution in [0.15, 0.2) is 61.3 Å². The van der Waals surface area contributed by atoms with Crippen LogP contribution in [0.5, 0.6) is 0 Å². The van der Waals surface area contributed by atoms with Crippen LogP contribution in [0.1, 0.15) is 5.56 Å². The topological polar surface area (TPSA) is 81.0 Å². The van der Waals surface area contributed by atoms with Crippen molar-refractivity contribution in [3.05, 3.63) is 66.9 Å². The van der Waals surface area contributed by atoms with Gasteiger partial charge in [-0.05, 0) is 42.5 Å². The van der Waals surface area contributed by atoms with Gasteiger partial charge in [0.1, 0.15) is 6.07 Å². The summed E-state index contributed by atoms with van der Waals surface area (Å²) in [4.78, 5) is 17.9. The molecule has 0 bridgehead atoms. The summed E-state index contributed by atoms with van der Waals surface area (Å²) in [7, 11) is 3.94. The van der Waals surface area contributed by atoms with Crippen LogP contribution < -0.4 is 15.5 Å². The summed E-state index contributed by atoms with van der Waals surface area (Å²) >= 11 is 0. The Balaban J connectivity index is 2.10. The van der Waals surface area contributed by atoms with Gasteiger partial charge in [0.15, 0.2) is 0 Å². The van der Waals surface area contributed by atoms with Gasteiger partial charge in [-0.25, -0.2) is 0 Å². The van der Waals surface area contributed by atoms with Crippen molar-refractivity contribution in [1.82, 2.24) is 4.98 Å². The highest BCUT2D eigenvalue weighted by atomic mass is 16.1. The molecule has 0 saturated heterocycles. The van der Waals surface area contributed by atoms with Gasteiger partial charge in [0.25, 0.3) is 0 Å². The smallest absolute Gasteiger partial charge is 0.247 e. The molecule has 0 atom stereocenters. The Morgan fingerprint density at radius 1 is 1.22 bits per heavy atom. The zero-order chi connectivity index (χ0) is 19.4. The molecule has 2 aromatic carbocycles. The average Bonchev–Trinajstić information content (AvgIpc) is 2.68. The van der Waals surface area contributed by atoms with E-state index < -0.39 is 0 Å². The molecule has 3 aromatic rings. The normalized spacial score (nSPS) is 10.1. The van der Waals surface area contributed by atoms with Gasteiger partial charge in [-0.15, -0.1) is 0 Å². The summed E-state index contributed by atoms with van der Waals surface area (Å²) in [5, 5.41) is 16.3. The summed E-state index contributed by atoms with van der Waals surface area (Å²) in [5.74, 6) is -0.299. The van der Waals surface area contributed by atoms with Crippen molar-refractivity contribution in [2.75, 3.05) is 29.6 Å².